The van der Waals surface area contributed by atoms with Crippen LogP contribution in [0.2, 0.25) is 0 Å². The van der Waals surface area contributed by atoms with E-state index in [1.54, 1.807) is 37.5 Å². The minimum Gasteiger partial charge on any atom is -0.493 e. The van der Waals surface area contributed by atoms with E-state index in [9.17, 15) is 15.4 Å². The van der Waals surface area contributed by atoms with Crippen LogP contribution in [0.25, 0.3) is 22.4 Å². The summed E-state index contributed by atoms with van der Waals surface area (Å²) < 4.78 is 11.5. The first-order valence-corrected chi connectivity index (χ1v) is 10.2. The molecule has 0 atom stereocenters. The Balaban J connectivity index is 1.53. The van der Waals surface area contributed by atoms with Crippen molar-refractivity contribution in [2.75, 3.05) is 7.11 Å². The second-order valence-corrected chi connectivity index (χ2v) is 7.35. The predicted molar refractivity (Wildman–Crippen MR) is 128 cm³/mol. The largest absolute Gasteiger partial charge is 0.493 e. The fourth-order valence-electron chi connectivity index (χ4n) is 3.49. The Morgan fingerprint density at radius 1 is 0.970 bits per heavy atom. The molecule has 0 fully saturated rings. The van der Waals surface area contributed by atoms with E-state index in [2.05, 4.69) is 30.3 Å². The van der Waals surface area contributed by atoms with Crippen LogP contribution in [0.4, 0.5) is 5.69 Å². The zero-order chi connectivity index (χ0) is 23.2. The third-order valence-corrected chi connectivity index (χ3v) is 5.22. The number of hydrogen-bond acceptors (Lipinski definition) is 5. The molecule has 0 saturated carbocycles. The molecular formula is C27H20N2O4. The van der Waals surface area contributed by atoms with Gasteiger partial charge in [-0.3, -0.25) is 10.1 Å². The van der Waals surface area contributed by atoms with Gasteiger partial charge in [-0.2, -0.15) is 5.26 Å². The van der Waals surface area contributed by atoms with Gasteiger partial charge in [0.1, 0.15) is 6.61 Å². The summed E-state index contributed by atoms with van der Waals surface area (Å²) in [5, 5.41) is 22.8. The molecule has 6 heteroatoms. The van der Waals surface area contributed by atoms with E-state index in [4.69, 9.17) is 9.47 Å². The molecule has 4 aromatic carbocycles. The average Bonchev–Trinajstić information content (AvgIpc) is 2.86. The smallest absolute Gasteiger partial charge is 0.269 e. The molecule has 0 radical (unpaired) electrons. The van der Waals surface area contributed by atoms with Gasteiger partial charge >= 0.3 is 0 Å². The summed E-state index contributed by atoms with van der Waals surface area (Å²) in [4.78, 5) is 10.4. The first-order valence-electron chi connectivity index (χ1n) is 10.2. The maximum Gasteiger partial charge on any atom is 0.269 e. The number of methoxy groups -OCH3 is 1. The molecule has 0 aromatic heterocycles. The summed E-state index contributed by atoms with van der Waals surface area (Å²) in [6.07, 6.45) is 1.71. The molecule has 33 heavy (non-hydrogen) atoms. The highest BCUT2D eigenvalue weighted by Crippen LogP contribution is 2.31. The second kappa shape index (κ2) is 9.67. The minimum atomic E-state index is -0.471. The van der Waals surface area contributed by atoms with Crippen LogP contribution in [-0.4, -0.2) is 12.0 Å². The molecule has 0 aliphatic heterocycles. The Bertz CT molecular complexity index is 1390. The summed E-state index contributed by atoms with van der Waals surface area (Å²) in [5.41, 5.74) is 2.76. The van der Waals surface area contributed by atoms with Gasteiger partial charge in [0.15, 0.2) is 11.5 Å². The normalized spacial score (nSPS) is 11.1. The Morgan fingerprint density at radius 3 is 2.42 bits per heavy atom. The number of nitrogens with zero attached hydrogens (tertiary/aromatic N) is 2. The van der Waals surface area contributed by atoms with E-state index in [-0.39, 0.29) is 5.69 Å². The van der Waals surface area contributed by atoms with Crippen LogP contribution >= 0.6 is 0 Å². The Labute approximate surface area is 191 Å². The highest BCUT2D eigenvalue weighted by atomic mass is 16.6. The quantitative estimate of drug-likeness (QED) is 0.145. The Hall–Kier alpha value is -4.63. The predicted octanol–water partition coefficient (Wildman–Crippen LogP) is 6.40. The maximum absolute atomic E-state index is 10.8. The molecule has 0 heterocycles. The van der Waals surface area contributed by atoms with Crippen molar-refractivity contribution in [2.45, 2.75) is 6.61 Å². The van der Waals surface area contributed by atoms with Crippen LogP contribution in [0.5, 0.6) is 11.5 Å². The Morgan fingerprint density at radius 2 is 1.73 bits per heavy atom. The standard InChI is InChI=1S/C27H20N2O4/c1-32-27-16-19(14-24(17-28)22-9-11-25(12-10-22)29(30)31)7-13-26(27)33-18-20-6-8-21-4-2-3-5-23(21)15-20/h2-16H,18H2,1H3/b24-14-. The number of nitro benzene ring substituents is 1. The number of hydrogen-bond donors (Lipinski definition) is 0. The molecule has 0 amide bonds. The van der Waals surface area contributed by atoms with E-state index in [1.807, 2.05) is 24.3 Å². The van der Waals surface area contributed by atoms with Crippen LogP contribution in [0.1, 0.15) is 16.7 Å². The van der Waals surface area contributed by atoms with E-state index in [0.717, 1.165) is 16.5 Å². The van der Waals surface area contributed by atoms with E-state index < -0.39 is 4.92 Å². The van der Waals surface area contributed by atoms with Crippen molar-refractivity contribution >= 4 is 28.1 Å². The maximum atomic E-state index is 10.8. The van der Waals surface area contributed by atoms with E-state index in [1.165, 1.54) is 17.5 Å². The van der Waals surface area contributed by atoms with Gasteiger partial charge in [0, 0.05) is 12.1 Å². The molecule has 4 aromatic rings. The van der Waals surface area contributed by atoms with Crippen LogP contribution in [-0.2, 0) is 6.61 Å². The van der Waals surface area contributed by atoms with Crippen molar-refractivity contribution in [2.24, 2.45) is 0 Å². The lowest BCUT2D eigenvalue weighted by molar-refractivity contribution is -0.384. The molecule has 0 N–H and O–H groups in total. The number of non-ortho nitro benzene ring substituents is 1. The number of rotatable bonds is 7. The number of nitriles is 1. The van der Waals surface area contributed by atoms with Gasteiger partial charge in [0.2, 0.25) is 0 Å². The fourth-order valence-corrected chi connectivity index (χ4v) is 3.49. The SMILES string of the molecule is COc1cc(/C=C(/C#N)c2ccc([N+](=O)[O-])cc2)ccc1OCc1ccc2ccccc2c1. The number of benzene rings is 4. The van der Waals surface area contributed by atoms with Crippen molar-refractivity contribution in [3.63, 3.8) is 0 Å². The van der Waals surface area contributed by atoms with Crippen LogP contribution in [0.3, 0.4) is 0 Å². The minimum absolute atomic E-state index is 0.0226. The fraction of sp³-hybridized carbons (Fsp3) is 0.0741. The van der Waals surface area contributed by atoms with Gasteiger partial charge in [-0.05, 0) is 63.9 Å². The summed E-state index contributed by atoms with van der Waals surface area (Å²) >= 11 is 0. The van der Waals surface area contributed by atoms with Crippen LogP contribution in [0, 0.1) is 21.4 Å². The monoisotopic (exact) mass is 436 g/mol. The third-order valence-electron chi connectivity index (χ3n) is 5.22. The summed E-state index contributed by atoms with van der Waals surface area (Å²) in [7, 11) is 1.56. The highest BCUT2D eigenvalue weighted by molar-refractivity contribution is 5.90. The van der Waals surface area contributed by atoms with Crippen molar-refractivity contribution in [3.05, 3.63) is 112 Å². The highest BCUT2D eigenvalue weighted by Gasteiger charge is 2.09. The lowest BCUT2D eigenvalue weighted by Gasteiger charge is -2.12. The third kappa shape index (κ3) is 5.00. The lowest BCUT2D eigenvalue weighted by Crippen LogP contribution is -1.98. The van der Waals surface area contributed by atoms with Gasteiger partial charge in [-0.1, -0.05) is 42.5 Å². The van der Waals surface area contributed by atoms with E-state index >= 15 is 0 Å². The number of nitro groups is 1. The first-order chi connectivity index (χ1) is 16.1. The van der Waals surface area contributed by atoms with Crippen molar-refractivity contribution in [1.82, 2.24) is 0 Å². The molecule has 0 aliphatic rings. The van der Waals surface area contributed by atoms with Gasteiger partial charge in [-0.25, -0.2) is 0 Å². The topological polar surface area (TPSA) is 85.4 Å². The van der Waals surface area contributed by atoms with Crippen molar-refractivity contribution in [3.8, 4) is 17.6 Å². The molecule has 0 spiro atoms. The summed E-state index contributed by atoms with van der Waals surface area (Å²) in [6, 6.07) is 27.8. The number of allylic oxidation sites excluding steroid dienone is 1. The molecule has 4 rings (SSSR count). The molecule has 0 bridgehead atoms. The average molecular weight is 436 g/mol. The first kappa shape index (κ1) is 21.6. The zero-order valence-corrected chi connectivity index (χ0v) is 17.9. The van der Waals surface area contributed by atoms with Crippen LogP contribution in [0.15, 0.2) is 84.9 Å². The molecule has 0 aliphatic carbocycles. The number of ether oxygens (including phenoxy) is 2. The van der Waals surface area contributed by atoms with Crippen molar-refractivity contribution in [1.29, 1.82) is 5.26 Å². The molecule has 0 saturated heterocycles. The molecule has 162 valence electrons. The molecule has 6 nitrogen and oxygen atoms in total. The lowest BCUT2D eigenvalue weighted by atomic mass is 10.0. The van der Waals surface area contributed by atoms with Gasteiger partial charge in [0.05, 0.1) is 23.7 Å². The zero-order valence-electron chi connectivity index (χ0n) is 17.9. The van der Waals surface area contributed by atoms with E-state index in [0.29, 0.717) is 29.2 Å². The summed E-state index contributed by atoms with van der Waals surface area (Å²) in [5.74, 6) is 1.14. The van der Waals surface area contributed by atoms with Gasteiger partial charge in [-0.15, -0.1) is 0 Å². The molecule has 0 unspecified atom stereocenters. The summed E-state index contributed by atoms with van der Waals surface area (Å²) in [6.45, 7) is 0.391. The molecular weight excluding hydrogens is 416 g/mol. The second-order valence-electron chi connectivity index (χ2n) is 7.35. The van der Waals surface area contributed by atoms with Crippen LogP contribution < -0.4 is 9.47 Å². The van der Waals surface area contributed by atoms with Gasteiger partial charge in [0.25, 0.3) is 5.69 Å². The van der Waals surface area contributed by atoms with Gasteiger partial charge < -0.3 is 9.47 Å². The Kier molecular flexibility index (Phi) is 6.33. The number of fused-ring (bicyclic) bond motifs is 1. The van der Waals surface area contributed by atoms with Crippen molar-refractivity contribution < 1.29 is 14.4 Å².